The van der Waals surface area contributed by atoms with Gasteiger partial charge in [0.2, 0.25) is 0 Å². The van der Waals surface area contributed by atoms with E-state index in [2.05, 4.69) is 12.2 Å². The molecule has 4 heteroatoms. The van der Waals surface area contributed by atoms with Gasteiger partial charge in [0.25, 0.3) is 0 Å². The first-order valence-electron chi connectivity index (χ1n) is 5.28. The molecule has 0 aliphatic carbocycles. The van der Waals surface area contributed by atoms with E-state index >= 15 is 0 Å². The zero-order chi connectivity index (χ0) is 11.5. The van der Waals surface area contributed by atoms with Crippen LogP contribution < -0.4 is 5.32 Å². The van der Waals surface area contributed by atoms with E-state index in [9.17, 15) is 0 Å². The number of furan rings is 1. The molecule has 16 heavy (non-hydrogen) atoms. The Morgan fingerprint density at radius 1 is 1.25 bits per heavy atom. The van der Waals surface area contributed by atoms with E-state index < -0.39 is 0 Å². The van der Waals surface area contributed by atoms with Crippen LogP contribution in [0.3, 0.4) is 0 Å². The Hall–Kier alpha value is -0.700. The number of hydrogen-bond acceptors (Lipinski definition) is 2. The average molecular weight is 258 g/mol. The fourth-order valence-corrected chi connectivity index (χ4v) is 2.14. The van der Waals surface area contributed by atoms with Gasteiger partial charge in [0.1, 0.15) is 0 Å². The number of nitrogens with one attached hydrogen (secondary N) is 1. The van der Waals surface area contributed by atoms with E-state index in [4.69, 9.17) is 27.6 Å². The van der Waals surface area contributed by atoms with Crippen molar-refractivity contribution in [2.75, 3.05) is 6.54 Å². The fraction of sp³-hybridized carbons (Fsp3) is 0.333. The minimum Gasteiger partial charge on any atom is -0.462 e. The van der Waals surface area contributed by atoms with Crippen molar-refractivity contribution in [2.24, 2.45) is 0 Å². The fourth-order valence-electron chi connectivity index (χ4n) is 1.67. The van der Waals surface area contributed by atoms with E-state index in [0.29, 0.717) is 15.6 Å². The highest BCUT2D eigenvalue weighted by atomic mass is 35.5. The molecule has 0 atom stereocenters. The summed E-state index contributed by atoms with van der Waals surface area (Å²) >= 11 is 12.2. The second-order valence-electron chi connectivity index (χ2n) is 3.67. The maximum atomic E-state index is 6.14. The highest BCUT2D eigenvalue weighted by Crippen LogP contribution is 2.33. The van der Waals surface area contributed by atoms with Crippen molar-refractivity contribution in [2.45, 2.75) is 19.9 Å². The van der Waals surface area contributed by atoms with E-state index in [0.717, 1.165) is 30.5 Å². The number of fused-ring (bicyclic) bond motifs is 1. The van der Waals surface area contributed by atoms with E-state index in [1.807, 2.05) is 0 Å². The lowest BCUT2D eigenvalue weighted by Gasteiger charge is -2.02. The summed E-state index contributed by atoms with van der Waals surface area (Å²) in [5.74, 6) is 0. The molecule has 0 radical (unpaired) electrons. The summed E-state index contributed by atoms with van der Waals surface area (Å²) in [4.78, 5) is 0. The average Bonchev–Trinajstić information content (AvgIpc) is 2.69. The van der Waals surface area contributed by atoms with Crippen LogP contribution in [0.25, 0.3) is 11.0 Å². The molecule has 2 nitrogen and oxygen atoms in total. The lowest BCUT2D eigenvalue weighted by molar-refractivity contribution is 0.601. The molecule has 1 aromatic carbocycles. The second-order valence-corrected chi connectivity index (χ2v) is 4.49. The van der Waals surface area contributed by atoms with Gasteiger partial charge in [-0.15, -0.1) is 0 Å². The SMILES string of the molecule is CCCNCc1coc2c(Cl)ccc(Cl)c12. The molecule has 0 saturated heterocycles. The van der Waals surface area contributed by atoms with Gasteiger partial charge in [-0.1, -0.05) is 30.1 Å². The topological polar surface area (TPSA) is 25.2 Å². The van der Waals surface area contributed by atoms with Crippen molar-refractivity contribution < 1.29 is 4.42 Å². The summed E-state index contributed by atoms with van der Waals surface area (Å²) < 4.78 is 5.43. The van der Waals surface area contributed by atoms with Gasteiger partial charge in [0, 0.05) is 17.5 Å². The Kier molecular flexibility index (Phi) is 3.74. The molecule has 1 heterocycles. The molecule has 2 aromatic rings. The predicted molar refractivity (Wildman–Crippen MR) is 68.2 cm³/mol. The third-order valence-electron chi connectivity index (χ3n) is 2.44. The summed E-state index contributed by atoms with van der Waals surface area (Å²) in [6, 6.07) is 3.55. The molecule has 0 spiro atoms. The maximum absolute atomic E-state index is 6.14. The largest absolute Gasteiger partial charge is 0.462 e. The van der Waals surface area contributed by atoms with Gasteiger partial charge in [-0.3, -0.25) is 0 Å². The molecule has 0 fully saturated rings. The molecular formula is C12H13Cl2NO. The zero-order valence-corrected chi connectivity index (χ0v) is 10.5. The van der Waals surface area contributed by atoms with E-state index in [1.54, 1.807) is 18.4 Å². The zero-order valence-electron chi connectivity index (χ0n) is 9.02. The van der Waals surface area contributed by atoms with Gasteiger partial charge in [-0.25, -0.2) is 0 Å². The Labute approximate surface area is 105 Å². The molecule has 0 aliphatic heterocycles. The standard InChI is InChI=1S/C12H13Cl2NO/c1-2-5-15-6-8-7-16-12-10(14)4-3-9(13)11(8)12/h3-4,7,15H,2,5-6H2,1H3. The van der Waals surface area contributed by atoms with Crippen LogP contribution in [-0.4, -0.2) is 6.54 Å². The highest BCUT2D eigenvalue weighted by Gasteiger charge is 2.12. The molecule has 0 amide bonds. The monoisotopic (exact) mass is 257 g/mol. The molecule has 1 N–H and O–H groups in total. The molecule has 0 saturated carbocycles. The van der Waals surface area contributed by atoms with Crippen molar-refractivity contribution in [3.05, 3.63) is 34.0 Å². The van der Waals surface area contributed by atoms with Gasteiger partial charge in [-0.05, 0) is 25.1 Å². The quantitative estimate of drug-likeness (QED) is 0.830. The molecule has 0 bridgehead atoms. The first-order chi connectivity index (χ1) is 7.74. The molecular weight excluding hydrogens is 245 g/mol. The van der Waals surface area contributed by atoms with E-state index in [1.165, 1.54) is 0 Å². The highest BCUT2D eigenvalue weighted by molar-refractivity contribution is 6.39. The normalized spacial score (nSPS) is 11.2. The maximum Gasteiger partial charge on any atom is 0.154 e. The Balaban J connectivity index is 2.36. The minimum atomic E-state index is 0.598. The van der Waals surface area contributed by atoms with Crippen LogP contribution in [0.2, 0.25) is 10.0 Å². The Morgan fingerprint density at radius 2 is 2.00 bits per heavy atom. The number of benzene rings is 1. The number of rotatable bonds is 4. The van der Waals surface area contributed by atoms with Gasteiger partial charge in [-0.2, -0.15) is 0 Å². The second kappa shape index (κ2) is 5.09. The Morgan fingerprint density at radius 3 is 2.75 bits per heavy atom. The predicted octanol–water partition coefficient (Wildman–Crippen LogP) is 4.24. The van der Waals surface area contributed by atoms with E-state index in [-0.39, 0.29) is 0 Å². The summed E-state index contributed by atoms with van der Waals surface area (Å²) in [6.07, 6.45) is 2.81. The van der Waals surface area contributed by atoms with Crippen LogP contribution in [0.1, 0.15) is 18.9 Å². The van der Waals surface area contributed by atoms with Crippen LogP contribution >= 0.6 is 23.2 Å². The molecule has 1 aromatic heterocycles. The van der Waals surface area contributed by atoms with Crippen LogP contribution in [0.15, 0.2) is 22.8 Å². The summed E-state index contributed by atoms with van der Waals surface area (Å²) in [5.41, 5.74) is 1.72. The molecule has 0 unspecified atom stereocenters. The molecule has 2 rings (SSSR count). The third kappa shape index (κ3) is 2.19. The number of halogens is 2. The Bertz CT molecular complexity index is 493. The van der Waals surface area contributed by atoms with Crippen LogP contribution in [0.5, 0.6) is 0 Å². The first-order valence-corrected chi connectivity index (χ1v) is 6.04. The van der Waals surface area contributed by atoms with Crippen molar-refractivity contribution in [3.63, 3.8) is 0 Å². The van der Waals surface area contributed by atoms with Crippen molar-refractivity contribution >= 4 is 34.2 Å². The lowest BCUT2D eigenvalue weighted by atomic mass is 10.2. The number of hydrogen-bond donors (Lipinski definition) is 1. The minimum absolute atomic E-state index is 0.598. The van der Waals surface area contributed by atoms with Gasteiger partial charge < -0.3 is 9.73 Å². The van der Waals surface area contributed by atoms with Crippen LogP contribution in [0, 0.1) is 0 Å². The summed E-state index contributed by atoms with van der Waals surface area (Å²) in [5, 5.41) is 5.51. The lowest BCUT2D eigenvalue weighted by Crippen LogP contribution is -2.13. The summed E-state index contributed by atoms with van der Waals surface area (Å²) in [7, 11) is 0. The van der Waals surface area contributed by atoms with Crippen molar-refractivity contribution in [1.82, 2.24) is 5.32 Å². The third-order valence-corrected chi connectivity index (χ3v) is 3.05. The van der Waals surface area contributed by atoms with Crippen molar-refractivity contribution in [3.8, 4) is 0 Å². The van der Waals surface area contributed by atoms with Crippen molar-refractivity contribution in [1.29, 1.82) is 0 Å². The first kappa shape index (κ1) is 11.8. The summed E-state index contributed by atoms with van der Waals surface area (Å²) in [6.45, 7) is 3.86. The molecule has 86 valence electrons. The van der Waals surface area contributed by atoms with Gasteiger partial charge >= 0.3 is 0 Å². The molecule has 0 aliphatic rings. The van der Waals surface area contributed by atoms with Crippen LogP contribution in [0.4, 0.5) is 0 Å². The smallest absolute Gasteiger partial charge is 0.154 e. The van der Waals surface area contributed by atoms with Crippen LogP contribution in [-0.2, 0) is 6.54 Å². The van der Waals surface area contributed by atoms with Gasteiger partial charge in [0.05, 0.1) is 16.3 Å². The van der Waals surface area contributed by atoms with Gasteiger partial charge in [0.15, 0.2) is 5.58 Å².